The first-order valence-electron chi connectivity index (χ1n) is 20.0. The number of hydrogen-bond donors (Lipinski definition) is 0. The summed E-state index contributed by atoms with van der Waals surface area (Å²) < 4.78 is 14.6. The third kappa shape index (κ3) is 10.6. The predicted octanol–water partition coefficient (Wildman–Crippen LogP) is 15.6. The maximum Gasteiger partial charge on any atom is 0.145 e. The van der Waals surface area contributed by atoms with Crippen LogP contribution in [-0.2, 0) is 12.8 Å². The maximum atomic E-state index is 6.08. The van der Waals surface area contributed by atoms with Gasteiger partial charge in [-0.1, -0.05) is 165 Å². The van der Waals surface area contributed by atoms with Crippen molar-refractivity contribution >= 4 is 42.8 Å². The maximum absolute atomic E-state index is 6.08. The highest BCUT2D eigenvalue weighted by Gasteiger charge is 2.20. The van der Waals surface area contributed by atoms with Gasteiger partial charge in [-0.2, -0.15) is 0 Å². The molecule has 0 saturated heterocycles. The number of unbranched alkanes of at least 4 members (excludes halogenated alkanes) is 16. The lowest BCUT2D eigenvalue weighted by atomic mass is 10.0. The molecular formula is C46H62O2S2. The van der Waals surface area contributed by atoms with Crippen molar-refractivity contribution in [2.24, 2.45) is 0 Å². The van der Waals surface area contributed by atoms with Crippen LogP contribution >= 0.6 is 22.7 Å². The highest BCUT2D eigenvalue weighted by molar-refractivity contribution is 7.24. The van der Waals surface area contributed by atoms with Crippen LogP contribution in [-0.4, -0.2) is 14.2 Å². The van der Waals surface area contributed by atoms with Crippen LogP contribution in [0.2, 0.25) is 0 Å². The summed E-state index contributed by atoms with van der Waals surface area (Å²) in [5.74, 6) is 1.96. The Hall–Kier alpha value is -2.82. The van der Waals surface area contributed by atoms with Gasteiger partial charge in [0.05, 0.1) is 24.0 Å². The zero-order valence-electron chi connectivity index (χ0n) is 31.5. The topological polar surface area (TPSA) is 18.5 Å². The molecule has 270 valence electrons. The quantitative estimate of drug-likeness (QED) is 0.0594. The van der Waals surface area contributed by atoms with Gasteiger partial charge in [0.1, 0.15) is 11.5 Å². The number of hydrogen-bond acceptors (Lipinski definition) is 4. The fourth-order valence-corrected chi connectivity index (χ4v) is 9.75. The minimum absolute atomic E-state index is 0.980. The summed E-state index contributed by atoms with van der Waals surface area (Å²) in [5.41, 5.74) is 5.34. The van der Waals surface area contributed by atoms with Crippen LogP contribution in [0.1, 0.15) is 141 Å². The van der Waals surface area contributed by atoms with E-state index in [2.05, 4.69) is 74.5 Å². The number of aryl methyl sites for hydroxylation is 2. The second-order valence-corrected chi connectivity index (χ2v) is 16.4. The number of rotatable bonds is 24. The highest BCUT2D eigenvalue weighted by Crippen LogP contribution is 2.50. The molecule has 0 aliphatic rings. The Morgan fingerprint density at radius 1 is 0.420 bits per heavy atom. The third-order valence-corrected chi connectivity index (χ3v) is 12.8. The molecule has 0 unspecified atom stereocenters. The lowest BCUT2D eigenvalue weighted by Gasteiger charge is -2.06. The molecule has 0 N–H and O–H groups in total. The van der Waals surface area contributed by atoms with Gasteiger partial charge in [-0.05, 0) is 60.1 Å². The van der Waals surface area contributed by atoms with Gasteiger partial charge in [-0.25, -0.2) is 0 Å². The van der Waals surface area contributed by atoms with E-state index in [4.69, 9.17) is 9.47 Å². The smallest absolute Gasteiger partial charge is 0.145 e. The molecule has 2 aromatic heterocycles. The SMILES string of the molecule is CCCCCCCCCCCc1ccc(-c2sc3cc4c(OC)c(-c5ccc(CCCCCCCCCCC)cc5)sc4cc3c2OC)cc1. The molecular weight excluding hydrogens is 649 g/mol. The van der Waals surface area contributed by atoms with Crippen LogP contribution < -0.4 is 9.47 Å². The van der Waals surface area contributed by atoms with Gasteiger partial charge in [0.15, 0.2) is 0 Å². The molecule has 0 spiro atoms. The molecule has 0 amide bonds. The number of benzene rings is 3. The first-order chi connectivity index (χ1) is 24.7. The molecule has 0 aliphatic carbocycles. The van der Waals surface area contributed by atoms with E-state index in [1.54, 1.807) is 0 Å². The van der Waals surface area contributed by atoms with Crippen LogP contribution in [0.4, 0.5) is 0 Å². The van der Waals surface area contributed by atoms with Crippen molar-refractivity contribution < 1.29 is 9.47 Å². The van der Waals surface area contributed by atoms with Crippen molar-refractivity contribution in [2.45, 2.75) is 142 Å². The molecule has 3 aromatic carbocycles. The second kappa shape index (κ2) is 20.9. The molecule has 2 nitrogen and oxygen atoms in total. The van der Waals surface area contributed by atoms with E-state index in [1.807, 2.05) is 36.9 Å². The fraction of sp³-hybridized carbons (Fsp3) is 0.522. The fourth-order valence-electron chi connectivity index (χ4n) is 7.35. The number of thiophene rings is 2. The molecule has 0 aliphatic heterocycles. The van der Waals surface area contributed by atoms with Crippen molar-refractivity contribution in [1.82, 2.24) is 0 Å². The molecule has 2 heterocycles. The molecule has 0 saturated carbocycles. The summed E-state index contributed by atoms with van der Waals surface area (Å²) in [6.45, 7) is 4.58. The van der Waals surface area contributed by atoms with Crippen molar-refractivity contribution in [1.29, 1.82) is 0 Å². The largest absolute Gasteiger partial charge is 0.495 e. The lowest BCUT2D eigenvalue weighted by molar-refractivity contribution is 0.422. The summed E-state index contributed by atoms with van der Waals surface area (Å²) in [4.78, 5) is 2.41. The van der Waals surface area contributed by atoms with Crippen molar-refractivity contribution in [3.8, 4) is 32.4 Å². The third-order valence-electron chi connectivity index (χ3n) is 10.4. The van der Waals surface area contributed by atoms with Crippen molar-refractivity contribution in [3.05, 3.63) is 71.8 Å². The standard InChI is InChI=1S/C46H62O2S2/c1-5-7-9-11-13-15-17-19-21-23-35-25-29-37(30-26-35)45-43(47-3)39-33-42-40(34-41(39)49-45)44(48-4)46(50-42)38-31-27-36(28-32-38)24-22-20-18-16-14-12-10-8-6-2/h25-34H,5-24H2,1-4H3. The zero-order valence-corrected chi connectivity index (χ0v) is 33.2. The number of methoxy groups -OCH3 is 2. The Labute approximate surface area is 311 Å². The first-order valence-corrected chi connectivity index (χ1v) is 21.6. The zero-order chi connectivity index (χ0) is 35.0. The van der Waals surface area contributed by atoms with E-state index in [0.717, 1.165) is 11.5 Å². The van der Waals surface area contributed by atoms with E-state index in [9.17, 15) is 0 Å². The Balaban J connectivity index is 1.20. The first kappa shape index (κ1) is 38.4. The Morgan fingerprint density at radius 2 is 0.740 bits per heavy atom. The molecule has 50 heavy (non-hydrogen) atoms. The van der Waals surface area contributed by atoms with Crippen molar-refractivity contribution in [2.75, 3.05) is 14.2 Å². The Morgan fingerprint density at radius 3 is 1.06 bits per heavy atom. The summed E-state index contributed by atoms with van der Waals surface area (Å²) in [5, 5.41) is 2.37. The normalized spacial score (nSPS) is 11.6. The summed E-state index contributed by atoms with van der Waals surface area (Å²) >= 11 is 3.65. The van der Waals surface area contributed by atoms with E-state index < -0.39 is 0 Å². The van der Waals surface area contributed by atoms with E-state index in [1.165, 1.54) is 181 Å². The van der Waals surface area contributed by atoms with Gasteiger partial charge in [0.2, 0.25) is 0 Å². The van der Waals surface area contributed by atoms with Crippen LogP contribution in [0.5, 0.6) is 11.5 Å². The minimum Gasteiger partial charge on any atom is -0.495 e. The molecule has 5 rings (SSSR count). The van der Waals surface area contributed by atoms with E-state index in [0.29, 0.717) is 0 Å². The average Bonchev–Trinajstić information content (AvgIpc) is 3.70. The van der Waals surface area contributed by atoms with Crippen LogP contribution in [0.25, 0.3) is 41.1 Å². The lowest BCUT2D eigenvalue weighted by Crippen LogP contribution is -1.88. The van der Waals surface area contributed by atoms with Crippen LogP contribution in [0, 0.1) is 0 Å². The molecule has 5 aromatic rings. The van der Waals surface area contributed by atoms with Gasteiger partial charge >= 0.3 is 0 Å². The van der Waals surface area contributed by atoms with Gasteiger partial charge < -0.3 is 9.47 Å². The van der Waals surface area contributed by atoms with Gasteiger partial charge in [-0.15, -0.1) is 22.7 Å². The summed E-state index contributed by atoms with van der Waals surface area (Å²) in [6, 6.07) is 23.1. The monoisotopic (exact) mass is 710 g/mol. The number of ether oxygens (including phenoxy) is 2. The van der Waals surface area contributed by atoms with Gasteiger partial charge in [-0.3, -0.25) is 0 Å². The minimum atomic E-state index is 0.980. The molecule has 0 fully saturated rings. The average molecular weight is 711 g/mol. The van der Waals surface area contributed by atoms with E-state index >= 15 is 0 Å². The second-order valence-electron chi connectivity index (χ2n) is 14.3. The highest BCUT2D eigenvalue weighted by atomic mass is 32.1. The van der Waals surface area contributed by atoms with E-state index in [-0.39, 0.29) is 0 Å². The number of fused-ring (bicyclic) bond motifs is 2. The summed E-state index contributed by atoms with van der Waals surface area (Å²) in [7, 11) is 3.62. The van der Waals surface area contributed by atoms with Crippen molar-refractivity contribution in [3.63, 3.8) is 0 Å². The van der Waals surface area contributed by atoms with Crippen LogP contribution in [0.3, 0.4) is 0 Å². The molecule has 0 atom stereocenters. The molecule has 0 radical (unpaired) electrons. The molecule has 0 bridgehead atoms. The van der Waals surface area contributed by atoms with Crippen LogP contribution in [0.15, 0.2) is 60.7 Å². The summed E-state index contributed by atoms with van der Waals surface area (Å²) in [6.07, 6.45) is 27.0. The molecule has 4 heteroatoms. The Bertz CT molecular complexity index is 1570. The van der Waals surface area contributed by atoms with Gasteiger partial charge in [0.25, 0.3) is 0 Å². The Kier molecular flexibility index (Phi) is 16.0. The predicted molar refractivity (Wildman–Crippen MR) is 223 cm³/mol. The van der Waals surface area contributed by atoms with Gasteiger partial charge in [0, 0.05) is 20.2 Å².